The summed E-state index contributed by atoms with van der Waals surface area (Å²) in [6.07, 6.45) is 3.44. The third kappa shape index (κ3) is 2.43. The number of aromatic nitrogens is 1. The van der Waals surface area contributed by atoms with Crippen molar-refractivity contribution < 1.29 is 4.79 Å². The Morgan fingerprint density at radius 3 is 2.80 bits per heavy atom. The predicted molar refractivity (Wildman–Crippen MR) is 89.3 cm³/mol. The third-order valence-corrected chi connectivity index (χ3v) is 4.68. The van der Waals surface area contributed by atoms with E-state index in [-0.39, 0.29) is 5.78 Å². The lowest BCUT2D eigenvalue weighted by Crippen LogP contribution is -2.02. The second-order valence-electron chi connectivity index (χ2n) is 4.36. The van der Waals surface area contributed by atoms with E-state index < -0.39 is 0 Å². The molecule has 0 amide bonds. The van der Waals surface area contributed by atoms with Gasteiger partial charge in [0.25, 0.3) is 0 Å². The highest BCUT2D eigenvalue weighted by Crippen LogP contribution is 2.24. The molecule has 2 nitrogen and oxygen atoms in total. The number of hydrogen-bond acceptors (Lipinski definition) is 2. The van der Waals surface area contributed by atoms with E-state index in [1.807, 2.05) is 30.3 Å². The van der Waals surface area contributed by atoms with E-state index in [0.717, 1.165) is 14.3 Å². The van der Waals surface area contributed by atoms with Crippen LogP contribution in [0.2, 0.25) is 5.02 Å². The van der Waals surface area contributed by atoms with Gasteiger partial charge < -0.3 is 0 Å². The number of carbonyl (C=O) groups is 1. The first kappa shape index (κ1) is 13.5. The van der Waals surface area contributed by atoms with Gasteiger partial charge in [0.15, 0.2) is 5.78 Å². The van der Waals surface area contributed by atoms with E-state index in [1.165, 1.54) is 0 Å². The summed E-state index contributed by atoms with van der Waals surface area (Å²) in [6, 6.07) is 12.9. The molecule has 1 aromatic heterocycles. The van der Waals surface area contributed by atoms with Crippen LogP contribution in [0.4, 0.5) is 0 Å². The molecule has 0 saturated carbocycles. The smallest absolute Gasteiger partial charge is 0.193 e. The van der Waals surface area contributed by atoms with Crippen LogP contribution in [0, 0.1) is 3.57 Å². The molecule has 0 atom stereocenters. The van der Waals surface area contributed by atoms with Crippen molar-refractivity contribution >= 4 is 50.7 Å². The molecular formula is C16H9ClINO. The van der Waals surface area contributed by atoms with Gasteiger partial charge in [0.2, 0.25) is 0 Å². The molecular weight excluding hydrogens is 385 g/mol. The van der Waals surface area contributed by atoms with Crippen molar-refractivity contribution in [2.75, 3.05) is 0 Å². The highest BCUT2D eigenvalue weighted by Gasteiger charge is 2.13. The lowest BCUT2D eigenvalue weighted by molar-refractivity contribution is 0.104. The summed E-state index contributed by atoms with van der Waals surface area (Å²) < 4.78 is 0.931. The Bertz CT molecular complexity index is 811. The highest BCUT2D eigenvalue weighted by atomic mass is 127. The van der Waals surface area contributed by atoms with Gasteiger partial charge in [-0.2, -0.15) is 0 Å². The van der Waals surface area contributed by atoms with Crippen LogP contribution < -0.4 is 0 Å². The van der Waals surface area contributed by atoms with Crippen LogP contribution in [-0.2, 0) is 0 Å². The Hall–Kier alpha value is -1.46. The third-order valence-electron chi connectivity index (χ3n) is 3.11. The fourth-order valence-corrected chi connectivity index (χ4v) is 2.62. The van der Waals surface area contributed by atoms with Gasteiger partial charge in [-0.25, -0.2) is 0 Å². The van der Waals surface area contributed by atoms with Gasteiger partial charge in [0.05, 0.1) is 5.02 Å². The maximum atomic E-state index is 12.6. The number of ketones is 1. The molecule has 0 aliphatic carbocycles. The molecule has 0 spiro atoms. The zero-order chi connectivity index (χ0) is 14.1. The Labute approximate surface area is 134 Å². The number of halogens is 2. The molecule has 0 radical (unpaired) electrons. The fourth-order valence-electron chi connectivity index (χ4n) is 2.10. The van der Waals surface area contributed by atoms with Crippen molar-refractivity contribution in [3.8, 4) is 0 Å². The van der Waals surface area contributed by atoms with E-state index in [0.29, 0.717) is 16.1 Å². The lowest BCUT2D eigenvalue weighted by Gasteiger charge is -2.06. The molecule has 0 bridgehead atoms. The second kappa shape index (κ2) is 5.50. The molecule has 2 aromatic carbocycles. The molecule has 20 heavy (non-hydrogen) atoms. The summed E-state index contributed by atoms with van der Waals surface area (Å²) in [5.74, 6) is -0.0399. The molecule has 0 saturated heterocycles. The maximum Gasteiger partial charge on any atom is 0.193 e. The molecule has 0 N–H and O–H groups in total. The number of rotatable bonds is 2. The molecule has 0 aliphatic heterocycles. The Morgan fingerprint density at radius 2 is 2.00 bits per heavy atom. The van der Waals surface area contributed by atoms with Crippen LogP contribution in [0.1, 0.15) is 15.9 Å². The molecule has 1 heterocycles. The van der Waals surface area contributed by atoms with Crippen molar-refractivity contribution in [3.05, 3.63) is 74.6 Å². The van der Waals surface area contributed by atoms with E-state index in [9.17, 15) is 4.79 Å². The van der Waals surface area contributed by atoms with Crippen LogP contribution in [-0.4, -0.2) is 10.8 Å². The van der Waals surface area contributed by atoms with Crippen molar-refractivity contribution in [2.45, 2.75) is 0 Å². The summed E-state index contributed by atoms with van der Waals surface area (Å²) in [7, 11) is 0. The minimum atomic E-state index is -0.0399. The summed E-state index contributed by atoms with van der Waals surface area (Å²) in [4.78, 5) is 16.7. The molecule has 0 fully saturated rings. The standard InChI is InChI=1S/C16H9ClINO/c17-14-8-11(4-5-15(14)18)16(20)12-3-1-2-10-6-7-19-9-13(10)12/h1-9H. The monoisotopic (exact) mass is 393 g/mol. The van der Waals surface area contributed by atoms with Crippen LogP contribution in [0.5, 0.6) is 0 Å². The zero-order valence-electron chi connectivity index (χ0n) is 10.3. The maximum absolute atomic E-state index is 12.6. The number of carbonyl (C=O) groups excluding carboxylic acids is 1. The van der Waals surface area contributed by atoms with Gasteiger partial charge in [-0.05, 0) is 52.2 Å². The Morgan fingerprint density at radius 1 is 1.15 bits per heavy atom. The Balaban J connectivity index is 2.15. The first-order valence-corrected chi connectivity index (χ1v) is 7.45. The van der Waals surface area contributed by atoms with E-state index in [4.69, 9.17) is 11.6 Å². The SMILES string of the molecule is O=C(c1ccc(I)c(Cl)c1)c1cccc2ccncc12. The van der Waals surface area contributed by atoms with Crippen LogP contribution >= 0.6 is 34.2 Å². The average molecular weight is 394 g/mol. The lowest BCUT2D eigenvalue weighted by atomic mass is 9.98. The number of fused-ring (bicyclic) bond motifs is 1. The second-order valence-corrected chi connectivity index (χ2v) is 5.93. The van der Waals surface area contributed by atoms with Gasteiger partial charge in [0, 0.05) is 32.5 Å². The van der Waals surface area contributed by atoms with Gasteiger partial charge >= 0.3 is 0 Å². The molecule has 3 rings (SSSR count). The topological polar surface area (TPSA) is 30.0 Å². The summed E-state index contributed by atoms with van der Waals surface area (Å²) in [6.45, 7) is 0. The first-order chi connectivity index (χ1) is 9.66. The summed E-state index contributed by atoms with van der Waals surface area (Å²) in [5.41, 5.74) is 1.24. The van der Waals surface area contributed by atoms with Gasteiger partial charge in [-0.1, -0.05) is 29.8 Å². The van der Waals surface area contributed by atoms with Gasteiger partial charge in [-0.15, -0.1) is 0 Å². The Kier molecular flexibility index (Phi) is 3.72. The van der Waals surface area contributed by atoms with Crippen molar-refractivity contribution in [1.82, 2.24) is 4.98 Å². The molecule has 0 unspecified atom stereocenters. The minimum Gasteiger partial charge on any atom is -0.289 e. The van der Waals surface area contributed by atoms with Gasteiger partial charge in [-0.3, -0.25) is 9.78 Å². The molecule has 4 heteroatoms. The normalized spacial score (nSPS) is 10.7. The van der Waals surface area contributed by atoms with E-state index >= 15 is 0 Å². The quantitative estimate of drug-likeness (QED) is 0.466. The summed E-state index contributed by atoms with van der Waals surface area (Å²) >= 11 is 8.23. The minimum absolute atomic E-state index is 0.0399. The predicted octanol–water partition coefficient (Wildman–Crippen LogP) is 4.72. The first-order valence-electron chi connectivity index (χ1n) is 5.99. The molecule has 0 aliphatic rings. The van der Waals surface area contributed by atoms with E-state index in [1.54, 1.807) is 24.5 Å². The fraction of sp³-hybridized carbons (Fsp3) is 0. The van der Waals surface area contributed by atoms with E-state index in [2.05, 4.69) is 27.6 Å². The molecule has 3 aromatic rings. The van der Waals surface area contributed by atoms with Gasteiger partial charge in [0.1, 0.15) is 0 Å². The van der Waals surface area contributed by atoms with Crippen molar-refractivity contribution in [3.63, 3.8) is 0 Å². The van der Waals surface area contributed by atoms with Crippen molar-refractivity contribution in [2.24, 2.45) is 0 Å². The largest absolute Gasteiger partial charge is 0.289 e. The highest BCUT2D eigenvalue weighted by molar-refractivity contribution is 14.1. The van der Waals surface area contributed by atoms with Crippen LogP contribution in [0.3, 0.4) is 0 Å². The van der Waals surface area contributed by atoms with Crippen LogP contribution in [0.25, 0.3) is 10.8 Å². The average Bonchev–Trinajstić information content (AvgIpc) is 2.49. The number of hydrogen-bond donors (Lipinski definition) is 0. The number of pyridine rings is 1. The van der Waals surface area contributed by atoms with Crippen molar-refractivity contribution in [1.29, 1.82) is 0 Å². The molecule has 98 valence electrons. The number of benzene rings is 2. The summed E-state index contributed by atoms with van der Waals surface area (Å²) in [5, 5.41) is 2.45. The van der Waals surface area contributed by atoms with Crippen LogP contribution in [0.15, 0.2) is 54.9 Å². The number of nitrogens with zero attached hydrogens (tertiary/aromatic N) is 1. The zero-order valence-corrected chi connectivity index (χ0v) is 13.2.